The highest BCUT2D eigenvalue weighted by molar-refractivity contribution is 6.32. The van der Waals surface area contributed by atoms with Gasteiger partial charge in [-0.05, 0) is 35.9 Å². The first kappa shape index (κ1) is 21.0. The van der Waals surface area contributed by atoms with E-state index in [0.29, 0.717) is 17.2 Å². The van der Waals surface area contributed by atoms with Crippen molar-refractivity contribution in [3.8, 4) is 0 Å². The first-order valence-electron chi connectivity index (χ1n) is 8.58. The second-order valence-electron chi connectivity index (χ2n) is 6.23. The highest BCUT2D eigenvalue weighted by Gasteiger charge is 2.13. The maximum atomic E-state index is 13.1. The number of azo groups is 1. The van der Waals surface area contributed by atoms with E-state index in [4.69, 9.17) is 11.6 Å². The van der Waals surface area contributed by atoms with E-state index in [1.165, 1.54) is 24.3 Å². The maximum absolute atomic E-state index is 13.1. The fourth-order valence-corrected chi connectivity index (χ4v) is 2.48. The van der Waals surface area contributed by atoms with Crippen molar-refractivity contribution < 1.29 is 9.31 Å². The Labute approximate surface area is 175 Å². The summed E-state index contributed by atoms with van der Waals surface area (Å²) in [5.41, 5.74) is 0.940. The standard InChI is InChI=1S/C18H16ClFN8O2/c1-27(2)18-24-16(22-13-6-4-12(20)5-7-13)23-17(25-18)26-21-10-11-3-8-14(19)15(9-11)28(29)30/h3-9H,10H2,1-2H3,(H,22,23,24,25). The molecule has 3 aromatic rings. The Hall–Kier alpha value is -3.73. The molecular formula is C18H16ClFN8O2. The lowest BCUT2D eigenvalue weighted by atomic mass is 10.2. The van der Waals surface area contributed by atoms with Crippen LogP contribution in [0.15, 0.2) is 52.7 Å². The van der Waals surface area contributed by atoms with E-state index >= 15 is 0 Å². The molecule has 3 rings (SSSR count). The van der Waals surface area contributed by atoms with Gasteiger partial charge in [-0.25, -0.2) is 4.39 Å². The molecule has 0 amide bonds. The van der Waals surface area contributed by atoms with Gasteiger partial charge in [0.2, 0.25) is 11.9 Å². The third-order valence-electron chi connectivity index (χ3n) is 3.73. The lowest BCUT2D eigenvalue weighted by molar-refractivity contribution is -0.384. The van der Waals surface area contributed by atoms with Gasteiger partial charge in [0.05, 0.1) is 11.5 Å². The van der Waals surface area contributed by atoms with Gasteiger partial charge in [0, 0.05) is 25.8 Å². The zero-order valence-electron chi connectivity index (χ0n) is 16.0. The summed E-state index contributed by atoms with van der Waals surface area (Å²) in [4.78, 5) is 24.7. The summed E-state index contributed by atoms with van der Waals surface area (Å²) in [6, 6.07) is 10.1. The second-order valence-corrected chi connectivity index (χ2v) is 6.63. The van der Waals surface area contributed by atoms with Crippen LogP contribution in [0.2, 0.25) is 5.02 Å². The van der Waals surface area contributed by atoms with Gasteiger partial charge in [-0.15, -0.1) is 5.11 Å². The first-order valence-corrected chi connectivity index (χ1v) is 8.96. The van der Waals surface area contributed by atoms with Crippen molar-refractivity contribution in [2.24, 2.45) is 10.2 Å². The number of halogens is 2. The summed E-state index contributed by atoms with van der Waals surface area (Å²) in [6.45, 7) is 0.0711. The topological polar surface area (TPSA) is 122 Å². The summed E-state index contributed by atoms with van der Waals surface area (Å²) in [5, 5.41) is 22.0. The lowest BCUT2D eigenvalue weighted by Gasteiger charge is -2.12. The van der Waals surface area contributed by atoms with Gasteiger partial charge in [-0.2, -0.15) is 20.1 Å². The van der Waals surface area contributed by atoms with Gasteiger partial charge in [-0.1, -0.05) is 17.7 Å². The van der Waals surface area contributed by atoms with Gasteiger partial charge >= 0.3 is 0 Å². The highest BCUT2D eigenvalue weighted by atomic mass is 35.5. The van der Waals surface area contributed by atoms with E-state index in [1.807, 2.05) is 0 Å². The third-order valence-corrected chi connectivity index (χ3v) is 4.05. The molecule has 0 aliphatic rings. The molecule has 0 spiro atoms. The zero-order valence-corrected chi connectivity index (χ0v) is 16.7. The molecule has 0 unspecified atom stereocenters. The van der Waals surface area contributed by atoms with Gasteiger partial charge in [0.15, 0.2) is 0 Å². The number of rotatable bonds is 7. The number of anilines is 3. The Morgan fingerprint density at radius 3 is 2.57 bits per heavy atom. The average Bonchev–Trinajstić information content (AvgIpc) is 2.70. The summed E-state index contributed by atoms with van der Waals surface area (Å²) in [5.74, 6) is 0.228. The van der Waals surface area contributed by atoms with Crippen molar-refractivity contribution in [3.05, 3.63) is 69.0 Å². The van der Waals surface area contributed by atoms with E-state index < -0.39 is 4.92 Å². The Kier molecular flexibility index (Phi) is 6.42. The van der Waals surface area contributed by atoms with Crippen LogP contribution in [0.5, 0.6) is 0 Å². The zero-order chi connectivity index (χ0) is 21.7. The van der Waals surface area contributed by atoms with Crippen LogP contribution < -0.4 is 10.2 Å². The van der Waals surface area contributed by atoms with Gasteiger partial charge in [0.25, 0.3) is 11.6 Å². The van der Waals surface area contributed by atoms with Crippen LogP contribution in [-0.2, 0) is 6.54 Å². The Morgan fingerprint density at radius 2 is 1.90 bits per heavy atom. The maximum Gasteiger partial charge on any atom is 0.288 e. The monoisotopic (exact) mass is 430 g/mol. The smallest absolute Gasteiger partial charge is 0.288 e. The molecule has 0 aliphatic heterocycles. The normalized spacial score (nSPS) is 10.9. The molecule has 0 bridgehead atoms. The van der Waals surface area contributed by atoms with Gasteiger partial charge in [0.1, 0.15) is 10.8 Å². The molecule has 2 aromatic carbocycles. The van der Waals surface area contributed by atoms with E-state index in [-0.39, 0.29) is 35.0 Å². The van der Waals surface area contributed by atoms with E-state index in [2.05, 4.69) is 30.5 Å². The minimum Gasteiger partial charge on any atom is -0.347 e. The first-order chi connectivity index (χ1) is 14.3. The number of nitrogens with one attached hydrogen (secondary N) is 1. The highest BCUT2D eigenvalue weighted by Crippen LogP contribution is 2.25. The minimum absolute atomic E-state index is 0.0433. The van der Waals surface area contributed by atoms with Crippen LogP contribution in [0.1, 0.15) is 5.56 Å². The Bertz CT molecular complexity index is 1090. The minimum atomic E-state index is -0.564. The SMILES string of the molecule is CN(C)c1nc(N=NCc2ccc(Cl)c([N+](=O)[O-])c2)nc(Nc2ccc(F)cc2)n1. The van der Waals surface area contributed by atoms with Crippen molar-refractivity contribution in [2.75, 3.05) is 24.3 Å². The fourth-order valence-electron chi connectivity index (χ4n) is 2.29. The van der Waals surface area contributed by atoms with Crippen molar-refractivity contribution in [3.63, 3.8) is 0 Å². The van der Waals surface area contributed by atoms with Crippen LogP contribution in [-0.4, -0.2) is 34.0 Å². The number of hydrogen-bond donors (Lipinski definition) is 1. The summed E-state index contributed by atoms with van der Waals surface area (Å²) in [6.07, 6.45) is 0. The van der Waals surface area contributed by atoms with Gasteiger partial charge in [-0.3, -0.25) is 10.1 Å². The van der Waals surface area contributed by atoms with Crippen LogP contribution in [0, 0.1) is 15.9 Å². The van der Waals surface area contributed by atoms with Crippen molar-refractivity contribution in [2.45, 2.75) is 6.54 Å². The molecule has 0 saturated heterocycles. The molecule has 0 fully saturated rings. The molecule has 154 valence electrons. The number of nitrogens with zero attached hydrogens (tertiary/aromatic N) is 7. The van der Waals surface area contributed by atoms with E-state index in [0.717, 1.165) is 0 Å². The predicted octanol–water partition coefficient (Wildman–Crippen LogP) is 4.67. The molecule has 0 aliphatic carbocycles. The van der Waals surface area contributed by atoms with E-state index in [1.54, 1.807) is 37.2 Å². The summed E-state index contributed by atoms with van der Waals surface area (Å²) in [7, 11) is 3.51. The molecule has 30 heavy (non-hydrogen) atoms. The Morgan fingerprint density at radius 1 is 1.17 bits per heavy atom. The third kappa shape index (κ3) is 5.41. The molecule has 1 N–H and O–H groups in total. The summed E-state index contributed by atoms with van der Waals surface area (Å²) >= 11 is 5.81. The van der Waals surface area contributed by atoms with E-state index in [9.17, 15) is 14.5 Å². The lowest BCUT2D eigenvalue weighted by Crippen LogP contribution is -2.14. The second kappa shape index (κ2) is 9.18. The molecule has 0 saturated carbocycles. The molecule has 12 heteroatoms. The molecule has 0 atom stereocenters. The van der Waals surface area contributed by atoms with Crippen LogP contribution in [0.4, 0.5) is 33.6 Å². The molecular weight excluding hydrogens is 415 g/mol. The molecule has 10 nitrogen and oxygen atoms in total. The summed E-state index contributed by atoms with van der Waals surface area (Å²) < 4.78 is 13.1. The average molecular weight is 431 g/mol. The van der Waals surface area contributed by atoms with Crippen molar-refractivity contribution >= 4 is 40.8 Å². The number of hydrogen-bond acceptors (Lipinski definition) is 9. The molecule has 0 radical (unpaired) electrons. The molecule has 1 heterocycles. The number of aromatic nitrogens is 3. The van der Waals surface area contributed by atoms with Gasteiger partial charge < -0.3 is 10.2 Å². The predicted molar refractivity (Wildman–Crippen MR) is 110 cm³/mol. The van der Waals surface area contributed by atoms with Crippen molar-refractivity contribution in [1.29, 1.82) is 0 Å². The number of benzene rings is 2. The van der Waals surface area contributed by atoms with Crippen LogP contribution in [0.25, 0.3) is 0 Å². The van der Waals surface area contributed by atoms with Crippen LogP contribution >= 0.6 is 11.6 Å². The quantitative estimate of drug-likeness (QED) is 0.328. The largest absolute Gasteiger partial charge is 0.347 e. The number of nitro groups is 1. The number of nitro benzene ring substituents is 1. The molecule has 1 aromatic heterocycles. The van der Waals surface area contributed by atoms with Crippen LogP contribution in [0.3, 0.4) is 0 Å². The fraction of sp³-hybridized carbons (Fsp3) is 0.167. The Balaban J connectivity index is 1.81. The van der Waals surface area contributed by atoms with Crippen molar-refractivity contribution in [1.82, 2.24) is 15.0 Å².